The van der Waals surface area contributed by atoms with Gasteiger partial charge in [-0.25, -0.2) is 9.48 Å². The van der Waals surface area contributed by atoms with Gasteiger partial charge in [-0.15, -0.1) is 0 Å². The van der Waals surface area contributed by atoms with Crippen molar-refractivity contribution in [2.45, 2.75) is 19.4 Å². The SMILES string of the molecule is CCOC(=O)c1ccc(NC(=O)CC2C(=O)Nc3c(-c4ccc(OC)c(OC)c4)cnn32)cc1. The Balaban J connectivity index is 1.47. The van der Waals surface area contributed by atoms with Gasteiger partial charge >= 0.3 is 5.97 Å². The van der Waals surface area contributed by atoms with Crippen LogP contribution in [0.5, 0.6) is 11.5 Å². The van der Waals surface area contributed by atoms with E-state index in [-0.39, 0.29) is 24.8 Å². The molecule has 10 nitrogen and oxygen atoms in total. The van der Waals surface area contributed by atoms with Crippen LogP contribution in [0.25, 0.3) is 11.1 Å². The summed E-state index contributed by atoms with van der Waals surface area (Å²) in [6, 6.07) is 11.0. The molecular formula is C24H24N4O6. The molecule has 1 aliphatic rings. The van der Waals surface area contributed by atoms with Gasteiger partial charge in [0.05, 0.1) is 39.0 Å². The van der Waals surface area contributed by atoms with E-state index in [0.717, 1.165) is 5.56 Å². The summed E-state index contributed by atoms with van der Waals surface area (Å²) < 4.78 is 17.1. The van der Waals surface area contributed by atoms with E-state index in [1.165, 1.54) is 4.68 Å². The number of fused-ring (bicyclic) bond motifs is 1. The molecular weight excluding hydrogens is 440 g/mol. The largest absolute Gasteiger partial charge is 0.493 e. The second kappa shape index (κ2) is 9.65. The first kappa shape index (κ1) is 22.8. The minimum atomic E-state index is -0.789. The minimum Gasteiger partial charge on any atom is -0.493 e. The van der Waals surface area contributed by atoms with Crippen LogP contribution in [0, 0.1) is 0 Å². The molecule has 0 bridgehead atoms. The van der Waals surface area contributed by atoms with Crippen LogP contribution in [0.1, 0.15) is 29.7 Å². The molecule has 1 atom stereocenters. The number of rotatable bonds is 8. The van der Waals surface area contributed by atoms with Crippen molar-refractivity contribution < 1.29 is 28.6 Å². The maximum absolute atomic E-state index is 12.6. The molecule has 0 radical (unpaired) electrons. The highest BCUT2D eigenvalue weighted by atomic mass is 16.5. The van der Waals surface area contributed by atoms with Crippen molar-refractivity contribution in [3.05, 3.63) is 54.2 Å². The number of ether oxygens (including phenoxy) is 3. The number of nitrogens with zero attached hydrogens (tertiary/aromatic N) is 2. The molecule has 0 fully saturated rings. The normalized spacial score (nSPS) is 14.2. The monoisotopic (exact) mass is 464 g/mol. The molecule has 1 aliphatic heterocycles. The smallest absolute Gasteiger partial charge is 0.338 e. The molecule has 2 N–H and O–H groups in total. The Bertz CT molecular complexity index is 1230. The summed E-state index contributed by atoms with van der Waals surface area (Å²) in [6.45, 7) is 2.01. The molecule has 0 spiro atoms. The topological polar surface area (TPSA) is 121 Å². The van der Waals surface area contributed by atoms with Crippen molar-refractivity contribution in [3.8, 4) is 22.6 Å². The van der Waals surface area contributed by atoms with Crippen LogP contribution in [-0.4, -0.2) is 48.4 Å². The van der Waals surface area contributed by atoms with E-state index in [0.29, 0.717) is 34.1 Å². The molecule has 10 heteroatoms. The number of hydrogen-bond acceptors (Lipinski definition) is 7. The number of carbonyl (C=O) groups excluding carboxylic acids is 3. The van der Waals surface area contributed by atoms with Gasteiger partial charge in [0.15, 0.2) is 11.5 Å². The third kappa shape index (κ3) is 4.42. The zero-order chi connectivity index (χ0) is 24.2. The lowest BCUT2D eigenvalue weighted by molar-refractivity contribution is -0.123. The van der Waals surface area contributed by atoms with Crippen molar-refractivity contribution in [2.75, 3.05) is 31.5 Å². The van der Waals surface area contributed by atoms with Gasteiger partial charge in [0, 0.05) is 11.3 Å². The molecule has 0 saturated carbocycles. The Morgan fingerprint density at radius 1 is 1.09 bits per heavy atom. The fraction of sp³-hybridized carbons (Fsp3) is 0.250. The number of carbonyl (C=O) groups is 3. The first-order chi connectivity index (χ1) is 16.4. The Kier molecular flexibility index (Phi) is 6.48. The van der Waals surface area contributed by atoms with E-state index < -0.39 is 12.0 Å². The third-order valence-electron chi connectivity index (χ3n) is 5.39. The molecule has 3 aromatic rings. The van der Waals surface area contributed by atoms with Crippen molar-refractivity contribution in [3.63, 3.8) is 0 Å². The molecule has 2 aromatic carbocycles. The van der Waals surface area contributed by atoms with Crippen LogP contribution in [0.4, 0.5) is 11.5 Å². The first-order valence-electron chi connectivity index (χ1n) is 10.6. The highest BCUT2D eigenvalue weighted by Crippen LogP contribution is 2.39. The molecule has 4 rings (SSSR count). The zero-order valence-electron chi connectivity index (χ0n) is 19.0. The van der Waals surface area contributed by atoms with Gasteiger partial charge in [0.1, 0.15) is 11.9 Å². The predicted molar refractivity (Wildman–Crippen MR) is 124 cm³/mol. The molecule has 1 unspecified atom stereocenters. The van der Waals surface area contributed by atoms with Crippen molar-refractivity contribution in [1.29, 1.82) is 0 Å². The highest BCUT2D eigenvalue weighted by molar-refractivity contribution is 6.04. The van der Waals surface area contributed by atoms with Gasteiger partial charge in [0.25, 0.3) is 5.91 Å². The predicted octanol–water partition coefficient (Wildman–Crippen LogP) is 3.27. The summed E-state index contributed by atoms with van der Waals surface area (Å²) in [5.74, 6) is 0.532. The molecule has 2 amide bonds. The van der Waals surface area contributed by atoms with E-state index >= 15 is 0 Å². The van der Waals surface area contributed by atoms with E-state index in [9.17, 15) is 14.4 Å². The second-order valence-corrected chi connectivity index (χ2v) is 7.48. The average Bonchev–Trinajstić information content (AvgIpc) is 3.38. The summed E-state index contributed by atoms with van der Waals surface area (Å²) in [7, 11) is 3.10. The summed E-state index contributed by atoms with van der Waals surface area (Å²) in [5.41, 5.74) is 2.37. The lowest BCUT2D eigenvalue weighted by Gasteiger charge is -2.10. The van der Waals surface area contributed by atoms with Gasteiger partial charge in [0.2, 0.25) is 5.91 Å². The van der Waals surface area contributed by atoms with Gasteiger partial charge in [-0.3, -0.25) is 9.59 Å². The standard InChI is InChI=1S/C24H24N4O6/c1-4-34-24(31)14-5-8-16(9-6-14)26-21(29)12-18-23(30)27-22-17(13-25-28(18)22)15-7-10-19(32-2)20(11-15)33-3/h5-11,13,18H,4,12H2,1-3H3,(H,26,29)(H,27,30). The number of nitrogens with one attached hydrogen (secondary N) is 2. The Labute approximate surface area is 195 Å². The maximum atomic E-state index is 12.6. The lowest BCUT2D eigenvalue weighted by atomic mass is 10.1. The molecule has 176 valence electrons. The average molecular weight is 464 g/mol. The second-order valence-electron chi connectivity index (χ2n) is 7.48. The number of methoxy groups -OCH3 is 2. The summed E-state index contributed by atoms with van der Waals surface area (Å²) in [5, 5.41) is 9.90. The van der Waals surface area contributed by atoms with Crippen LogP contribution < -0.4 is 20.1 Å². The number of anilines is 2. The number of aromatic nitrogens is 2. The summed E-state index contributed by atoms with van der Waals surface area (Å²) >= 11 is 0. The molecule has 0 aliphatic carbocycles. The summed E-state index contributed by atoms with van der Waals surface area (Å²) in [4.78, 5) is 37.0. The molecule has 0 saturated heterocycles. The Hall–Kier alpha value is -4.34. The van der Waals surface area contributed by atoms with Gasteiger partial charge < -0.3 is 24.8 Å². The zero-order valence-corrected chi connectivity index (χ0v) is 19.0. The maximum Gasteiger partial charge on any atom is 0.338 e. The van der Waals surface area contributed by atoms with Gasteiger partial charge in [-0.05, 0) is 48.9 Å². The van der Waals surface area contributed by atoms with Crippen LogP contribution in [0.3, 0.4) is 0 Å². The van der Waals surface area contributed by atoms with E-state index in [1.807, 2.05) is 6.07 Å². The number of hydrogen-bond donors (Lipinski definition) is 2. The quantitative estimate of drug-likeness (QED) is 0.491. The van der Waals surface area contributed by atoms with E-state index in [4.69, 9.17) is 14.2 Å². The highest BCUT2D eigenvalue weighted by Gasteiger charge is 2.35. The summed E-state index contributed by atoms with van der Waals surface area (Å²) in [6.07, 6.45) is 1.53. The van der Waals surface area contributed by atoms with E-state index in [2.05, 4.69) is 15.7 Å². The van der Waals surface area contributed by atoms with Crippen LogP contribution in [0.15, 0.2) is 48.7 Å². The minimum absolute atomic E-state index is 0.106. The van der Waals surface area contributed by atoms with Gasteiger partial charge in [-0.2, -0.15) is 5.10 Å². The number of esters is 1. The van der Waals surface area contributed by atoms with Crippen molar-refractivity contribution in [1.82, 2.24) is 9.78 Å². The van der Waals surface area contributed by atoms with Gasteiger partial charge in [-0.1, -0.05) is 6.07 Å². The van der Waals surface area contributed by atoms with Crippen molar-refractivity contribution in [2.24, 2.45) is 0 Å². The van der Waals surface area contributed by atoms with Crippen LogP contribution in [0.2, 0.25) is 0 Å². The molecule has 2 heterocycles. The number of benzene rings is 2. The van der Waals surface area contributed by atoms with E-state index in [1.54, 1.807) is 63.7 Å². The molecule has 1 aromatic heterocycles. The molecule has 34 heavy (non-hydrogen) atoms. The fourth-order valence-electron chi connectivity index (χ4n) is 3.72. The third-order valence-corrected chi connectivity index (χ3v) is 5.39. The number of amides is 2. The Morgan fingerprint density at radius 2 is 1.82 bits per heavy atom. The fourth-order valence-corrected chi connectivity index (χ4v) is 3.72. The first-order valence-corrected chi connectivity index (χ1v) is 10.6. The van der Waals surface area contributed by atoms with Crippen LogP contribution >= 0.6 is 0 Å². The van der Waals surface area contributed by atoms with Crippen LogP contribution in [-0.2, 0) is 14.3 Å². The lowest BCUT2D eigenvalue weighted by Crippen LogP contribution is -2.23. The van der Waals surface area contributed by atoms with Crippen molar-refractivity contribution >= 4 is 29.3 Å². The Morgan fingerprint density at radius 3 is 2.50 bits per heavy atom.